The third kappa shape index (κ3) is 2.07. The molecular weight excluding hydrogens is 184 g/mol. The van der Waals surface area contributed by atoms with Crippen LogP contribution in [0.3, 0.4) is 0 Å². The number of hydrogen-bond acceptors (Lipinski definition) is 2. The summed E-state index contributed by atoms with van der Waals surface area (Å²) >= 11 is 0. The summed E-state index contributed by atoms with van der Waals surface area (Å²) in [6.07, 6.45) is 2.75. The summed E-state index contributed by atoms with van der Waals surface area (Å²) in [6, 6.07) is 0.813. The fourth-order valence-corrected chi connectivity index (χ4v) is 3.34. The number of hydrogen-bond donors (Lipinski definition) is 0. The van der Waals surface area contributed by atoms with Crippen molar-refractivity contribution in [2.45, 2.75) is 64.6 Å². The molecule has 0 aromatic carbocycles. The van der Waals surface area contributed by atoms with Gasteiger partial charge in [0.25, 0.3) is 0 Å². The van der Waals surface area contributed by atoms with Crippen LogP contribution in [0.4, 0.5) is 0 Å². The lowest BCUT2D eigenvalue weighted by Gasteiger charge is -2.42. The zero-order valence-corrected chi connectivity index (χ0v) is 11.0. The lowest BCUT2D eigenvalue weighted by Crippen LogP contribution is -2.51. The van der Waals surface area contributed by atoms with Crippen molar-refractivity contribution in [2.24, 2.45) is 0 Å². The summed E-state index contributed by atoms with van der Waals surface area (Å²) < 4.78 is 0. The molecule has 0 aromatic rings. The Labute approximate surface area is 94.6 Å². The molecule has 0 amide bonds. The van der Waals surface area contributed by atoms with Crippen molar-refractivity contribution >= 4 is 0 Å². The first-order chi connectivity index (χ1) is 6.81. The maximum absolute atomic E-state index is 2.68. The van der Waals surface area contributed by atoms with Crippen LogP contribution in [0, 0.1) is 0 Å². The largest absolute Gasteiger partial charge is 0.299 e. The highest BCUT2D eigenvalue weighted by Crippen LogP contribution is 2.37. The van der Waals surface area contributed by atoms with Gasteiger partial charge in [-0.15, -0.1) is 0 Å². The van der Waals surface area contributed by atoms with Crippen LogP contribution >= 0.6 is 0 Å². The predicted octanol–water partition coefficient (Wildman–Crippen LogP) is 2.34. The second-order valence-electron chi connectivity index (χ2n) is 6.84. The molecule has 0 radical (unpaired) electrons. The van der Waals surface area contributed by atoms with E-state index in [4.69, 9.17) is 0 Å². The van der Waals surface area contributed by atoms with Gasteiger partial charge in [0.1, 0.15) is 0 Å². The Morgan fingerprint density at radius 1 is 1.13 bits per heavy atom. The Hall–Kier alpha value is -0.0800. The van der Waals surface area contributed by atoms with Gasteiger partial charge in [-0.3, -0.25) is 9.80 Å². The topological polar surface area (TPSA) is 6.48 Å². The van der Waals surface area contributed by atoms with Crippen molar-refractivity contribution in [3.8, 4) is 0 Å². The van der Waals surface area contributed by atoms with Crippen LogP contribution in [0.2, 0.25) is 0 Å². The van der Waals surface area contributed by atoms with Crippen molar-refractivity contribution in [3.63, 3.8) is 0 Å². The second kappa shape index (κ2) is 3.46. The second-order valence-corrected chi connectivity index (χ2v) is 6.84. The van der Waals surface area contributed by atoms with Crippen LogP contribution in [0.5, 0.6) is 0 Å². The first-order valence-electron chi connectivity index (χ1n) is 6.32. The first kappa shape index (κ1) is 11.4. The van der Waals surface area contributed by atoms with Gasteiger partial charge in [-0.1, -0.05) is 0 Å². The molecule has 2 heterocycles. The van der Waals surface area contributed by atoms with Crippen molar-refractivity contribution in [1.82, 2.24) is 9.80 Å². The van der Waals surface area contributed by atoms with E-state index in [1.165, 1.54) is 32.5 Å². The van der Waals surface area contributed by atoms with Crippen LogP contribution in [0.25, 0.3) is 0 Å². The predicted molar refractivity (Wildman–Crippen MR) is 65.1 cm³/mol. The molecule has 0 aromatic heterocycles. The Morgan fingerprint density at radius 2 is 1.73 bits per heavy atom. The Morgan fingerprint density at radius 3 is 2.07 bits per heavy atom. The minimum atomic E-state index is 0.309. The van der Waals surface area contributed by atoms with E-state index in [1.54, 1.807) is 0 Å². The minimum Gasteiger partial charge on any atom is -0.299 e. The molecule has 0 bridgehead atoms. The number of likely N-dealkylation sites (tertiary alicyclic amines) is 2. The molecule has 0 N–H and O–H groups in total. The Kier molecular flexibility index (Phi) is 2.63. The standard InChI is InChI=1S/C13H26N2/c1-12(2,3)15-10-11(9-13(15,4)5)14-7-6-8-14/h11H,6-10H2,1-5H3/t11-/m0/s1. The van der Waals surface area contributed by atoms with Crippen LogP contribution < -0.4 is 0 Å². The lowest BCUT2D eigenvalue weighted by atomic mass is 9.95. The average molecular weight is 210 g/mol. The summed E-state index contributed by atoms with van der Waals surface area (Å²) in [5, 5.41) is 0. The highest BCUT2D eigenvalue weighted by Gasteiger charge is 2.45. The summed E-state index contributed by atoms with van der Waals surface area (Å²) in [5.74, 6) is 0. The van der Waals surface area contributed by atoms with Crippen molar-refractivity contribution in [1.29, 1.82) is 0 Å². The molecule has 0 unspecified atom stereocenters. The smallest absolute Gasteiger partial charge is 0.0241 e. The highest BCUT2D eigenvalue weighted by atomic mass is 15.3. The summed E-state index contributed by atoms with van der Waals surface area (Å²) in [5.41, 5.74) is 0.682. The summed E-state index contributed by atoms with van der Waals surface area (Å²) in [4.78, 5) is 5.34. The molecule has 2 rings (SSSR count). The van der Waals surface area contributed by atoms with Crippen molar-refractivity contribution < 1.29 is 0 Å². The number of rotatable bonds is 1. The molecule has 2 aliphatic heterocycles. The number of nitrogens with zero attached hydrogens (tertiary/aromatic N) is 2. The zero-order valence-electron chi connectivity index (χ0n) is 11.0. The Balaban J connectivity index is 2.07. The molecule has 0 spiro atoms. The maximum Gasteiger partial charge on any atom is 0.0241 e. The van der Waals surface area contributed by atoms with E-state index >= 15 is 0 Å². The van der Waals surface area contributed by atoms with E-state index in [0.29, 0.717) is 11.1 Å². The van der Waals surface area contributed by atoms with E-state index in [2.05, 4.69) is 44.4 Å². The van der Waals surface area contributed by atoms with E-state index in [9.17, 15) is 0 Å². The average Bonchev–Trinajstić information content (AvgIpc) is 2.20. The molecule has 2 saturated heterocycles. The lowest BCUT2D eigenvalue weighted by molar-refractivity contribution is 0.0619. The summed E-state index contributed by atoms with van der Waals surface area (Å²) in [6.45, 7) is 15.7. The Bertz CT molecular complexity index is 235. The van der Waals surface area contributed by atoms with Crippen molar-refractivity contribution in [3.05, 3.63) is 0 Å². The van der Waals surface area contributed by atoms with Gasteiger partial charge in [0.05, 0.1) is 0 Å². The fourth-order valence-electron chi connectivity index (χ4n) is 3.34. The minimum absolute atomic E-state index is 0.309. The normalized spacial score (nSPS) is 33.0. The molecule has 88 valence electrons. The summed E-state index contributed by atoms with van der Waals surface area (Å²) in [7, 11) is 0. The van der Waals surface area contributed by atoms with E-state index < -0.39 is 0 Å². The van der Waals surface area contributed by atoms with Crippen LogP contribution in [0.1, 0.15) is 47.5 Å². The molecular formula is C13H26N2. The fraction of sp³-hybridized carbons (Fsp3) is 1.00. The molecule has 15 heavy (non-hydrogen) atoms. The van der Waals surface area contributed by atoms with Gasteiger partial charge in [-0.2, -0.15) is 0 Å². The third-order valence-electron chi connectivity index (χ3n) is 4.08. The monoisotopic (exact) mass is 210 g/mol. The molecule has 2 nitrogen and oxygen atoms in total. The highest BCUT2D eigenvalue weighted by molar-refractivity contribution is 5.02. The molecule has 2 aliphatic rings. The van der Waals surface area contributed by atoms with E-state index in [1.807, 2.05) is 0 Å². The first-order valence-corrected chi connectivity index (χ1v) is 6.32. The molecule has 0 saturated carbocycles. The van der Waals surface area contributed by atoms with Crippen LogP contribution in [0.15, 0.2) is 0 Å². The van der Waals surface area contributed by atoms with Crippen LogP contribution in [-0.2, 0) is 0 Å². The van der Waals surface area contributed by atoms with E-state index in [-0.39, 0.29) is 0 Å². The van der Waals surface area contributed by atoms with Crippen molar-refractivity contribution in [2.75, 3.05) is 19.6 Å². The van der Waals surface area contributed by atoms with Gasteiger partial charge in [0.2, 0.25) is 0 Å². The maximum atomic E-state index is 2.68. The van der Waals surface area contributed by atoms with Gasteiger partial charge >= 0.3 is 0 Å². The van der Waals surface area contributed by atoms with Gasteiger partial charge in [-0.25, -0.2) is 0 Å². The van der Waals surface area contributed by atoms with E-state index in [0.717, 1.165) is 6.04 Å². The molecule has 2 heteroatoms. The molecule has 2 fully saturated rings. The van der Waals surface area contributed by atoms with Gasteiger partial charge < -0.3 is 0 Å². The third-order valence-corrected chi connectivity index (χ3v) is 4.08. The van der Waals surface area contributed by atoms with Gasteiger partial charge in [0, 0.05) is 23.7 Å². The zero-order chi connectivity index (χ0) is 11.3. The molecule has 1 atom stereocenters. The van der Waals surface area contributed by atoms with Crippen LogP contribution in [-0.4, -0.2) is 46.6 Å². The molecule has 0 aliphatic carbocycles. The SMILES string of the molecule is CC(C)(C)N1C[C@@H](N2CCC2)CC1(C)C. The quantitative estimate of drug-likeness (QED) is 0.655. The van der Waals surface area contributed by atoms with Gasteiger partial charge in [-0.05, 0) is 60.5 Å². The van der Waals surface area contributed by atoms with Gasteiger partial charge in [0.15, 0.2) is 0 Å².